The molecular formula is C21H27ClN3O2+. The molecule has 5 nitrogen and oxygen atoms in total. The number of aryl methyl sites for hydroxylation is 1. The van der Waals surface area contributed by atoms with E-state index in [1.807, 2.05) is 50.2 Å². The van der Waals surface area contributed by atoms with Crippen LogP contribution in [0.5, 0.6) is 0 Å². The van der Waals surface area contributed by atoms with Gasteiger partial charge < -0.3 is 15.5 Å². The van der Waals surface area contributed by atoms with E-state index in [0.29, 0.717) is 11.6 Å². The summed E-state index contributed by atoms with van der Waals surface area (Å²) in [5, 5.41) is 6.51. The summed E-state index contributed by atoms with van der Waals surface area (Å²) in [6.45, 7) is 5.74. The van der Waals surface area contributed by atoms with Gasteiger partial charge in [-0.15, -0.1) is 0 Å². The van der Waals surface area contributed by atoms with Crippen LogP contribution in [0.15, 0.2) is 48.5 Å². The summed E-state index contributed by atoms with van der Waals surface area (Å²) in [4.78, 5) is 25.6. The SMILES string of the molecule is CCC[NH+](CC(=O)NCc1ccc(Cl)cc1)CC(=O)Nc1ccccc1C. The van der Waals surface area contributed by atoms with Gasteiger partial charge in [0.15, 0.2) is 13.1 Å². The van der Waals surface area contributed by atoms with E-state index in [1.54, 1.807) is 12.1 Å². The van der Waals surface area contributed by atoms with E-state index in [0.717, 1.165) is 34.7 Å². The molecule has 2 aromatic rings. The molecule has 0 aliphatic carbocycles. The first-order valence-corrected chi connectivity index (χ1v) is 9.56. The molecule has 0 spiro atoms. The second kappa shape index (κ2) is 10.7. The number of carbonyl (C=O) groups is 2. The summed E-state index contributed by atoms with van der Waals surface area (Å²) in [5.74, 6) is -0.157. The van der Waals surface area contributed by atoms with Gasteiger partial charge >= 0.3 is 0 Å². The van der Waals surface area contributed by atoms with Crippen LogP contribution in [0.2, 0.25) is 5.02 Å². The molecule has 0 aromatic heterocycles. The van der Waals surface area contributed by atoms with Crippen molar-refractivity contribution in [1.29, 1.82) is 0 Å². The summed E-state index contributed by atoms with van der Waals surface area (Å²) in [7, 11) is 0. The molecule has 0 aliphatic heterocycles. The lowest BCUT2D eigenvalue weighted by atomic mass is 10.2. The Bertz CT molecular complexity index is 762. The van der Waals surface area contributed by atoms with Gasteiger partial charge in [0.2, 0.25) is 0 Å². The number of amides is 2. The minimum atomic E-state index is -0.0850. The van der Waals surface area contributed by atoms with Crippen LogP contribution >= 0.6 is 11.6 Å². The van der Waals surface area contributed by atoms with E-state index in [-0.39, 0.29) is 24.9 Å². The Hall–Kier alpha value is -2.37. The maximum Gasteiger partial charge on any atom is 0.279 e. The van der Waals surface area contributed by atoms with Gasteiger partial charge in [-0.1, -0.05) is 48.9 Å². The van der Waals surface area contributed by atoms with Crippen molar-refractivity contribution < 1.29 is 14.5 Å². The van der Waals surface area contributed by atoms with Crippen molar-refractivity contribution >= 4 is 29.1 Å². The molecule has 27 heavy (non-hydrogen) atoms. The van der Waals surface area contributed by atoms with Gasteiger partial charge in [0.1, 0.15) is 0 Å². The number of para-hydroxylation sites is 1. The number of anilines is 1. The highest BCUT2D eigenvalue weighted by molar-refractivity contribution is 6.30. The molecule has 0 bridgehead atoms. The average molecular weight is 389 g/mol. The van der Waals surface area contributed by atoms with Gasteiger partial charge in [0.25, 0.3) is 11.8 Å². The molecule has 3 N–H and O–H groups in total. The molecule has 1 atom stereocenters. The van der Waals surface area contributed by atoms with Crippen molar-refractivity contribution in [3.8, 4) is 0 Å². The lowest BCUT2D eigenvalue weighted by molar-refractivity contribution is -0.883. The molecule has 0 aliphatic rings. The van der Waals surface area contributed by atoms with Gasteiger partial charge in [-0.25, -0.2) is 0 Å². The van der Waals surface area contributed by atoms with Crippen LogP contribution in [-0.4, -0.2) is 31.4 Å². The van der Waals surface area contributed by atoms with E-state index >= 15 is 0 Å². The fourth-order valence-corrected chi connectivity index (χ4v) is 2.95. The topological polar surface area (TPSA) is 62.6 Å². The Balaban J connectivity index is 1.84. The quantitative estimate of drug-likeness (QED) is 0.616. The molecule has 0 radical (unpaired) electrons. The van der Waals surface area contributed by atoms with Crippen LogP contribution in [0.1, 0.15) is 24.5 Å². The highest BCUT2D eigenvalue weighted by Crippen LogP contribution is 2.12. The fourth-order valence-electron chi connectivity index (χ4n) is 2.82. The number of halogens is 1. The van der Waals surface area contributed by atoms with Crippen molar-refractivity contribution in [2.24, 2.45) is 0 Å². The molecule has 2 rings (SSSR count). The molecule has 2 amide bonds. The summed E-state index contributed by atoms with van der Waals surface area (Å²) >= 11 is 5.87. The zero-order valence-electron chi connectivity index (χ0n) is 15.8. The second-order valence-electron chi connectivity index (χ2n) is 6.62. The molecule has 6 heteroatoms. The number of hydrogen-bond donors (Lipinski definition) is 3. The highest BCUT2D eigenvalue weighted by atomic mass is 35.5. The molecule has 2 aromatic carbocycles. The monoisotopic (exact) mass is 388 g/mol. The molecule has 0 saturated heterocycles. The third-order valence-electron chi connectivity index (χ3n) is 4.25. The minimum absolute atomic E-state index is 0.0721. The second-order valence-corrected chi connectivity index (χ2v) is 7.06. The van der Waals surface area contributed by atoms with Crippen LogP contribution < -0.4 is 15.5 Å². The van der Waals surface area contributed by atoms with Crippen LogP contribution in [0.25, 0.3) is 0 Å². The van der Waals surface area contributed by atoms with Gasteiger partial charge in [0.05, 0.1) is 6.54 Å². The highest BCUT2D eigenvalue weighted by Gasteiger charge is 2.18. The Morgan fingerprint density at radius 2 is 1.67 bits per heavy atom. The lowest BCUT2D eigenvalue weighted by Gasteiger charge is -2.18. The molecule has 0 fully saturated rings. The number of quaternary nitrogens is 1. The minimum Gasteiger partial charge on any atom is -0.347 e. The molecule has 144 valence electrons. The Kier molecular flexibility index (Phi) is 8.30. The van der Waals surface area contributed by atoms with Gasteiger partial charge in [-0.2, -0.15) is 0 Å². The van der Waals surface area contributed by atoms with Crippen LogP contribution in [0, 0.1) is 6.92 Å². The van der Waals surface area contributed by atoms with Crippen molar-refractivity contribution in [2.75, 3.05) is 25.0 Å². The Labute approximate surface area is 165 Å². The molecule has 0 heterocycles. The van der Waals surface area contributed by atoms with E-state index < -0.39 is 0 Å². The molecule has 0 saturated carbocycles. The van der Waals surface area contributed by atoms with Gasteiger partial charge in [-0.05, 0) is 42.7 Å². The number of nitrogens with one attached hydrogen (secondary N) is 3. The van der Waals surface area contributed by atoms with E-state index in [9.17, 15) is 9.59 Å². The largest absolute Gasteiger partial charge is 0.347 e. The average Bonchev–Trinajstić information content (AvgIpc) is 2.63. The third-order valence-corrected chi connectivity index (χ3v) is 4.50. The maximum absolute atomic E-state index is 12.4. The lowest BCUT2D eigenvalue weighted by Crippen LogP contribution is -3.14. The standard InChI is InChI=1S/C21H26ClN3O2/c1-3-12-25(15-21(27)24-19-7-5-4-6-16(19)2)14-20(26)23-13-17-8-10-18(22)11-9-17/h4-11H,3,12-15H2,1-2H3,(H,23,26)(H,24,27)/p+1. The first-order valence-electron chi connectivity index (χ1n) is 9.18. The van der Waals surface area contributed by atoms with E-state index in [4.69, 9.17) is 11.6 Å². The van der Waals surface area contributed by atoms with Gasteiger partial charge in [-0.3, -0.25) is 9.59 Å². The number of hydrogen-bond acceptors (Lipinski definition) is 2. The summed E-state index contributed by atoms with van der Waals surface area (Å²) < 4.78 is 0. The molecule has 1 unspecified atom stereocenters. The van der Waals surface area contributed by atoms with Gasteiger partial charge in [0, 0.05) is 17.3 Å². The van der Waals surface area contributed by atoms with E-state index in [1.165, 1.54) is 0 Å². The number of rotatable bonds is 9. The zero-order chi connectivity index (χ0) is 19.6. The smallest absolute Gasteiger partial charge is 0.279 e. The predicted octanol–water partition coefficient (Wildman–Crippen LogP) is 2.20. The summed E-state index contributed by atoms with van der Waals surface area (Å²) in [6.07, 6.45) is 0.900. The fraction of sp³-hybridized carbons (Fsp3) is 0.333. The van der Waals surface area contributed by atoms with Crippen LogP contribution in [-0.2, 0) is 16.1 Å². The predicted molar refractivity (Wildman–Crippen MR) is 109 cm³/mol. The summed E-state index contributed by atoms with van der Waals surface area (Å²) in [6, 6.07) is 15.0. The normalized spacial score (nSPS) is 11.7. The van der Waals surface area contributed by atoms with Crippen LogP contribution in [0.3, 0.4) is 0 Å². The Morgan fingerprint density at radius 1 is 1.00 bits per heavy atom. The van der Waals surface area contributed by atoms with Crippen molar-refractivity contribution in [3.63, 3.8) is 0 Å². The van der Waals surface area contributed by atoms with Crippen LogP contribution in [0.4, 0.5) is 5.69 Å². The molecular weight excluding hydrogens is 362 g/mol. The van der Waals surface area contributed by atoms with Crippen molar-refractivity contribution in [1.82, 2.24) is 5.32 Å². The van der Waals surface area contributed by atoms with E-state index in [2.05, 4.69) is 10.6 Å². The Morgan fingerprint density at radius 3 is 2.33 bits per heavy atom. The third kappa shape index (κ3) is 7.41. The summed E-state index contributed by atoms with van der Waals surface area (Å²) in [5.41, 5.74) is 2.82. The number of carbonyl (C=O) groups excluding carboxylic acids is 2. The van der Waals surface area contributed by atoms with Crippen molar-refractivity contribution in [2.45, 2.75) is 26.8 Å². The first-order chi connectivity index (χ1) is 13.0. The number of benzene rings is 2. The zero-order valence-corrected chi connectivity index (χ0v) is 16.6. The maximum atomic E-state index is 12.4. The van der Waals surface area contributed by atoms with Crippen molar-refractivity contribution in [3.05, 3.63) is 64.7 Å². The first kappa shape index (κ1) is 20.9.